The molecule has 0 bridgehead atoms. The summed E-state index contributed by atoms with van der Waals surface area (Å²) in [5, 5.41) is 7.65. The van der Waals surface area contributed by atoms with Crippen molar-refractivity contribution in [3.8, 4) is 0 Å². The van der Waals surface area contributed by atoms with Crippen LogP contribution >= 0.6 is 11.6 Å². The summed E-state index contributed by atoms with van der Waals surface area (Å²) >= 11 is 5.57. The van der Waals surface area contributed by atoms with Crippen LogP contribution in [0.5, 0.6) is 0 Å². The maximum Gasteiger partial charge on any atom is 0.321 e. The number of aliphatic carboxylic acids is 1. The van der Waals surface area contributed by atoms with Crippen LogP contribution in [0.2, 0.25) is 0 Å². The molecule has 70 valence electrons. The largest absolute Gasteiger partial charge is 0.480 e. The maximum absolute atomic E-state index is 10.4. The van der Waals surface area contributed by atoms with Gasteiger partial charge in [-0.05, 0) is 11.6 Å². The SMILES string of the molecule is Nc1ccccc1C[C@H](Cl)C(=O)O. The monoisotopic (exact) mass is 199 g/mol. The van der Waals surface area contributed by atoms with Crippen LogP contribution < -0.4 is 5.73 Å². The third kappa shape index (κ3) is 2.63. The highest BCUT2D eigenvalue weighted by atomic mass is 35.5. The van der Waals surface area contributed by atoms with Crippen molar-refractivity contribution >= 4 is 23.3 Å². The van der Waals surface area contributed by atoms with Gasteiger partial charge >= 0.3 is 5.97 Å². The molecule has 0 unspecified atom stereocenters. The second-order valence-electron chi connectivity index (χ2n) is 2.71. The summed E-state index contributed by atoms with van der Waals surface area (Å²) in [6, 6.07) is 7.09. The van der Waals surface area contributed by atoms with E-state index < -0.39 is 11.3 Å². The van der Waals surface area contributed by atoms with E-state index in [0.29, 0.717) is 5.69 Å². The van der Waals surface area contributed by atoms with Gasteiger partial charge < -0.3 is 10.8 Å². The molecule has 13 heavy (non-hydrogen) atoms. The zero-order valence-electron chi connectivity index (χ0n) is 6.90. The van der Waals surface area contributed by atoms with Crippen molar-refractivity contribution in [3.05, 3.63) is 29.8 Å². The van der Waals surface area contributed by atoms with Crippen molar-refractivity contribution in [2.45, 2.75) is 11.8 Å². The minimum absolute atomic E-state index is 0.254. The third-order valence-electron chi connectivity index (χ3n) is 1.72. The van der Waals surface area contributed by atoms with E-state index in [9.17, 15) is 4.79 Å². The number of carbonyl (C=O) groups is 1. The standard InChI is InChI=1S/C9H10ClNO2/c10-7(9(12)13)5-6-3-1-2-4-8(6)11/h1-4,7H,5,11H2,(H,12,13)/t7-/m0/s1. The maximum atomic E-state index is 10.4. The number of nitrogen functional groups attached to an aromatic ring is 1. The molecule has 1 aromatic rings. The van der Waals surface area contributed by atoms with Crippen LogP contribution in [-0.2, 0) is 11.2 Å². The fourth-order valence-electron chi connectivity index (χ4n) is 1.00. The molecule has 0 radical (unpaired) electrons. The fraction of sp³-hybridized carbons (Fsp3) is 0.222. The summed E-state index contributed by atoms with van der Waals surface area (Å²) in [4.78, 5) is 10.4. The Bertz CT molecular complexity index is 314. The van der Waals surface area contributed by atoms with Crippen LogP contribution in [-0.4, -0.2) is 16.5 Å². The molecular weight excluding hydrogens is 190 g/mol. The molecule has 0 spiro atoms. The zero-order chi connectivity index (χ0) is 9.84. The van der Waals surface area contributed by atoms with Gasteiger partial charge in [0.2, 0.25) is 0 Å². The number of rotatable bonds is 3. The predicted molar refractivity (Wildman–Crippen MR) is 51.8 cm³/mol. The van der Waals surface area contributed by atoms with Crippen molar-refractivity contribution in [2.75, 3.05) is 5.73 Å². The lowest BCUT2D eigenvalue weighted by atomic mass is 10.1. The highest BCUT2D eigenvalue weighted by molar-refractivity contribution is 6.29. The second kappa shape index (κ2) is 4.14. The Morgan fingerprint density at radius 2 is 2.15 bits per heavy atom. The number of nitrogens with two attached hydrogens (primary N) is 1. The van der Waals surface area contributed by atoms with E-state index in [0.717, 1.165) is 5.56 Å². The fourth-order valence-corrected chi connectivity index (χ4v) is 1.17. The van der Waals surface area contributed by atoms with Gasteiger partial charge in [-0.25, -0.2) is 0 Å². The van der Waals surface area contributed by atoms with Crippen molar-refractivity contribution in [2.24, 2.45) is 0 Å². The van der Waals surface area contributed by atoms with E-state index in [-0.39, 0.29) is 6.42 Å². The molecule has 1 rings (SSSR count). The van der Waals surface area contributed by atoms with E-state index in [1.165, 1.54) is 0 Å². The van der Waals surface area contributed by atoms with Crippen molar-refractivity contribution in [3.63, 3.8) is 0 Å². The number of anilines is 1. The molecule has 0 amide bonds. The van der Waals surface area contributed by atoms with E-state index in [1.54, 1.807) is 24.3 Å². The predicted octanol–water partition coefficient (Wildman–Crippen LogP) is 1.50. The zero-order valence-corrected chi connectivity index (χ0v) is 7.66. The van der Waals surface area contributed by atoms with Crippen LogP contribution in [0.4, 0.5) is 5.69 Å². The molecular formula is C9H10ClNO2. The first-order valence-electron chi connectivity index (χ1n) is 3.81. The van der Waals surface area contributed by atoms with E-state index in [4.69, 9.17) is 22.4 Å². The number of halogens is 1. The Morgan fingerprint density at radius 1 is 1.54 bits per heavy atom. The number of carboxylic acid groups (broad SMARTS) is 1. The minimum atomic E-state index is -1.02. The quantitative estimate of drug-likeness (QED) is 0.573. The molecule has 0 saturated heterocycles. The van der Waals surface area contributed by atoms with Crippen molar-refractivity contribution in [1.29, 1.82) is 0 Å². The number of benzene rings is 1. The number of alkyl halides is 1. The van der Waals surface area contributed by atoms with Gasteiger partial charge in [-0.1, -0.05) is 18.2 Å². The lowest BCUT2D eigenvalue weighted by Crippen LogP contribution is -2.16. The molecule has 0 aliphatic carbocycles. The third-order valence-corrected chi connectivity index (χ3v) is 2.06. The number of hydrogen-bond acceptors (Lipinski definition) is 2. The Morgan fingerprint density at radius 3 is 2.69 bits per heavy atom. The van der Waals surface area contributed by atoms with Gasteiger partial charge in [-0.3, -0.25) is 4.79 Å². The summed E-state index contributed by atoms with van der Waals surface area (Å²) in [6.07, 6.45) is 0.254. The van der Waals surface area contributed by atoms with Crippen molar-refractivity contribution < 1.29 is 9.90 Å². The molecule has 0 saturated carbocycles. The first kappa shape index (κ1) is 9.86. The molecule has 0 heterocycles. The van der Waals surface area contributed by atoms with Gasteiger partial charge in [0.1, 0.15) is 5.38 Å². The lowest BCUT2D eigenvalue weighted by Gasteiger charge is -2.06. The highest BCUT2D eigenvalue weighted by Gasteiger charge is 2.14. The van der Waals surface area contributed by atoms with Crippen LogP contribution in [0.1, 0.15) is 5.56 Å². The van der Waals surface area contributed by atoms with Crippen LogP contribution in [0, 0.1) is 0 Å². The topological polar surface area (TPSA) is 63.3 Å². The van der Waals surface area contributed by atoms with Crippen molar-refractivity contribution in [1.82, 2.24) is 0 Å². The Kier molecular flexibility index (Phi) is 3.14. The van der Waals surface area contributed by atoms with Gasteiger partial charge in [0.25, 0.3) is 0 Å². The molecule has 0 fully saturated rings. The molecule has 4 heteroatoms. The minimum Gasteiger partial charge on any atom is -0.480 e. The van der Waals surface area contributed by atoms with E-state index >= 15 is 0 Å². The molecule has 0 aromatic heterocycles. The second-order valence-corrected chi connectivity index (χ2v) is 3.24. The van der Waals surface area contributed by atoms with Gasteiger partial charge in [-0.2, -0.15) is 0 Å². The molecule has 1 atom stereocenters. The van der Waals surface area contributed by atoms with Gasteiger partial charge in [0.05, 0.1) is 0 Å². The smallest absolute Gasteiger partial charge is 0.321 e. The first-order valence-corrected chi connectivity index (χ1v) is 4.25. The molecule has 0 aliphatic rings. The average Bonchev–Trinajstić information content (AvgIpc) is 2.08. The molecule has 0 aliphatic heterocycles. The Labute approximate surface area is 81.1 Å². The summed E-state index contributed by atoms with van der Waals surface area (Å²) in [6.45, 7) is 0. The van der Waals surface area contributed by atoms with E-state index in [2.05, 4.69) is 0 Å². The molecule has 1 aromatic carbocycles. The van der Waals surface area contributed by atoms with Gasteiger partial charge in [0.15, 0.2) is 0 Å². The molecule has 3 nitrogen and oxygen atoms in total. The highest BCUT2D eigenvalue weighted by Crippen LogP contribution is 2.15. The molecule has 3 N–H and O–H groups in total. The summed E-state index contributed by atoms with van der Waals surface area (Å²) in [7, 11) is 0. The lowest BCUT2D eigenvalue weighted by molar-refractivity contribution is -0.136. The Balaban J connectivity index is 2.74. The summed E-state index contributed by atoms with van der Waals surface area (Å²) in [5.41, 5.74) is 6.96. The average molecular weight is 200 g/mol. The number of hydrogen-bond donors (Lipinski definition) is 2. The summed E-state index contributed by atoms with van der Waals surface area (Å²) in [5.74, 6) is -1.02. The van der Waals surface area contributed by atoms with Gasteiger partial charge in [-0.15, -0.1) is 11.6 Å². The van der Waals surface area contributed by atoms with E-state index in [1.807, 2.05) is 0 Å². The van der Waals surface area contributed by atoms with Crippen LogP contribution in [0.15, 0.2) is 24.3 Å². The number of para-hydroxylation sites is 1. The van der Waals surface area contributed by atoms with Crippen LogP contribution in [0.25, 0.3) is 0 Å². The van der Waals surface area contributed by atoms with Gasteiger partial charge in [0, 0.05) is 12.1 Å². The summed E-state index contributed by atoms with van der Waals surface area (Å²) < 4.78 is 0. The number of carboxylic acids is 1. The normalized spacial score (nSPS) is 12.4. The van der Waals surface area contributed by atoms with Crippen LogP contribution in [0.3, 0.4) is 0 Å². The first-order chi connectivity index (χ1) is 6.11. The Hall–Kier alpha value is -1.22.